The van der Waals surface area contributed by atoms with Gasteiger partial charge in [-0.15, -0.1) is 0 Å². The van der Waals surface area contributed by atoms with Crippen LogP contribution < -0.4 is 0 Å². The predicted octanol–water partition coefficient (Wildman–Crippen LogP) is 1.43. The van der Waals surface area contributed by atoms with Crippen molar-refractivity contribution in [2.24, 2.45) is 0 Å². The quantitative estimate of drug-likeness (QED) is 0.795. The Bertz CT molecular complexity index is 402. The smallest absolute Gasteiger partial charge is 0.138 e. The summed E-state index contributed by atoms with van der Waals surface area (Å²) >= 11 is 0. The second-order valence-corrected chi connectivity index (χ2v) is 3.67. The molecular weight excluding hydrogens is 192 g/mol. The van der Waals surface area contributed by atoms with Crippen LogP contribution in [-0.2, 0) is 4.74 Å². The first kappa shape index (κ1) is 10.1. The Kier molecular flexibility index (Phi) is 2.68. The lowest BCUT2D eigenvalue weighted by Gasteiger charge is -2.14. The van der Waals surface area contributed by atoms with Gasteiger partial charge in [-0.25, -0.2) is 0 Å². The van der Waals surface area contributed by atoms with Gasteiger partial charge < -0.3 is 9.84 Å². The van der Waals surface area contributed by atoms with Crippen molar-refractivity contribution in [1.82, 2.24) is 10.2 Å². The van der Waals surface area contributed by atoms with Crippen LogP contribution in [0.4, 0.5) is 0 Å². The minimum Gasteiger partial charge on any atom is -0.495 e. The zero-order valence-electron chi connectivity index (χ0n) is 8.90. The monoisotopic (exact) mass is 206 g/mol. The Morgan fingerprint density at radius 2 is 2.20 bits per heavy atom. The molecule has 0 amide bonds. The van der Waals surface area contributed by atoms with Gasteiger partial charge in [-0.2, -0.15) is 10.2 Å². The summed E-state index contributed by atoms with van der Waals surface area (Å²) in [6, 6.07) is 1.84. The summed E-state index contributed by atoms with van der Waals surface area (Å²) < 4.78 is 5.33. The van der Waals surface area contributed by atoms with Crippen molar-refractivity contribution in [3.63, 3.8) is 0 Å². The first-order valence-corrected chi connectivity index (χ1v) is 5.00. The van der Waals surface area contributed by atoms with Crippen LogP contribution in [0.3, 0.4) is 0 Å². The topological polar surface area (TPSA) is 55.2 Å². The number of hydrogen-bond donors (Lipinski definition) is 1. The van der Waals surface area contributed by atoms with Gasteiger partial charge in [0.15, 0.2) is 0 Å². The predicted molar refractivity (Wildman–Crippen MR) is 55.1 cm³/mol. The van der Waals surface area contributed by atoms with Gasteiger partial charge in [-0.1, -0.05) is 0 Å². The molecule has 1 unspecified atom stereocenters. The molecule has 1 aromatic heterocycles. The molecule has 0 aromatic carbocycles. The molecule has 1 atom stereocenters. The molecule has 0 radical (unpaired) electrons. The maximum atomic E-state index is 10.1. The maximum absolute atomic E-state index is 10.1. The molecule has 2 heterocycles. The van der Waals surface area contributed by atoms with Crippen molar-refractivity contribution in [3.05, 3.63) is 34.9 Å². The van der Waals surface area contributed by atoms with Crippen LogP contribution >= 0.6 is 0 Å². The standard InChI is InChI=1S/C11H14N2O2/c1-7-6-9(8(2)13-12-7)11(14)10-4-3-5-15-10/h4,6,11,14H,3,5H2,1-2H3. The van der Waals surface area contributed by atoms with Gasteiger partial charge in [0.05, 0.1) is 18.0 Å². The van der Waals surface area contributed by atoms with Gasteiger partial charge in [0.1, 0.15) is 11.9 Å². The Morgan fingerprint density at radius 3 is 2.87 bits per heavy atom. The van der Waals surface area contributed by atoms with Gasteiger partial charge >= 0.3 is 0 Å². The second-order valence-electron chi connectivity index (χ2n) is 3.67. The van der Waals surface area contributed by atoms with E-state index in [0.29, 0.717) is 12.4 Å². The minimum atomic E-state index is -0.707. The molecule has 0 saturated heterocycles. The summed E-state index contributed by atoms with van der Waals surface area (Å²) in [5, 5.41) is 18.0. The number of aliphatic hydroxyl groups excluding tert-OH is 1. The lowest BCUT2D eigenvalue weighted by Crippen LogP contribution is -2.07. The highest BCUT2D eigenvalue weighted by Crippen LogP contribution is 2.27. The first-order valence-electron chi connectivity index (χ1n) is 5.00. The molecule has 0 aliphatic carbocycles. The van der Waals surface area contributed by atoms with E-state index in [1.54, 1.807) is 0 Å². The Hall–Kier alpha value is -1.42. The van der Waals surface area contributed by atoms with E-state index in [0.717, 1.165) is 23.4 Å². The number of aromatic nitrogens is 2. The molecule has 80 valence electrons. The highest BCUT2D eigenvalue weighted by molar-refractivity contribution is 5.28. The average Bonchev–Trinajstić information content (AvgIpc) is 2.74. The van der Waals surface area contributed by atoms with Crippen LogP contribution in [0, 0.1) is 13.8 Å². The summed E-state index contributed by atoms with van der Waals surface area (Å²) in [5.41, 5.74) is 2.31. The van der Waals surface area contributed by atoms with Crippen molar-refractivity contribution in [2.45, 2.75) is 26.4 Å². The van der Waals surface area contributed by atoms with Crippen LogP contribution in [0.1, 0.15) is 29.5 Å². The molecule has 1 aromatic rings. The largest absolute Gasteiger partial charge is 0.495 e. The lowest BCUT2D eigenvalue weighted by atomic mass is 10.1. The molecular formula is C11H14N2O2. The zero-order valence-corrected chi connectivity index (χ0v) is 8.90. The van der Waals surface area contributed by atoms with Gasteiger partial charge in [-0.05, 0) is 26.0 Å². The van der Waals surface area contributed by atoms with Gasteiger partial charge in [0, 0.05) is 12.0 Å². The number of hydrogen-bond acceptors (Lipinski definition) is 4. The van der Waals surface area contributed by atoms with Crippen molar-refractivity contribution in [3.8, 4) is 0 Å². The van der Waals surface area contributed by atoms with Crippen molar-refractivity contribution in [2.75, 3.05) is 6.61 Å². The second kappa shape index (κ2) is 3.98. The third kappa shape index (κ3) is 1.99. The zero-order chi connectivity index (χ0) is 10.8. The fraction of sp³-hybridized carbons (Fsp3) is 0.455. The summed E-state index contributed by atoms with van der Waals surface area (Å²) in [5.74, 6) is 0.630. The van der Waals surface area contributed by atoms with Crippen LogP contribution in [0.15, 0.2) is 17.9 Å². The van der Waals surface area contributed by atoms with E-state index in [-0.39, 0.29) is 0 Å². The average molecular weight is 206 g/mol. The molecule has 1 aliphatic heterocycles. The van der Waals surface area contributed by atoms with E-state index >= 15 is 0 Å². The van der Waals surface area contributed by atoms with Gasteiger partial charge in [-0.3, -0.25) is 0 Å². The molecule has 0 fully saturated rings. The van der Waals surface area contributed by atoms with Crippen molar-refractivity contribution in [1.29, 1.82) is 0 Å². The molecule has 0 spiro atoms. The van der Waals surface area contributed by atoms with Crippen LogP contribution in [0.25, 0.3) is 0 Å². The molecule has 0 bridgehead atoms. The van der Waals surface area contributed by atoms with Gasteiger partial charge in [0.25, 0.3) is 0 Å². The van der Waals surface area contributed by atoms with E-state index in [2.05, 4.69) is 10.2 Å². The van der Waals surface area contributed by atoms with E-state index in [4.69, 9.17) is 4.74 Å². The Balaban J connectivity index is 2.31. The van der Waals surface area contributed by atoms with E-state index in [9.17, 15) is 5.11 Å². The number of ether oxygens (including phenoxy) is 1. The number of aryl methyl sites for hydroxylation is 2. The first-order chi connectivity index (χ1) is 7.18. The number of rotatable bonds is 2. The van der Waals surface area contributed by atoms with Gasteiger partial charge in [0.2, 0.25) is 0 Å². The number of nitrogens with zero attached hydrogens (tertiary/aromatic N) is 2. The maximum Gasteiger partial charge on any atom is 0.138 e. The Labute approximate surface area is 88.6 Å². The Morgan fingerprint density at radius 1 is 1.40 bits per heavy atom. The molecule has 4 nitrogen and oxygen atoms in total. The summed E-state index contributed by atoms with van der Waals surface area (Å²) in [7, 11) is 0. The van der Waals surface area contributed by atoms with E-state index < -0.39 is 6.10 Å². The third-order valence-electron chi connectivity index (χ3n) is 2.44. The van der Waals surface area contributed by atoms with Crippen LogP contribution in [0.5, 0.6) is 0 Å². The highest BCUT2D eigenvalue weighted by Gasteiger charge is 2.20. The van der Waals surface area contributed by atoms with E-state index in [1.165, 1.54) is 0 Å². The fourth-order valence-electron chi connectivity index (χ4n) is 1.63. The SMILES string of the molecule is Cc1cc(C(O)C2=CCCO2)c(C)nn1. The summed E-state index contributed by atoms with van der Waals surface area (Å²) in [6.07, 6.45) is 2.07. The molecule has 15 heavy (non-hydrogen) atoms. The van der Waals surface area contributed by atoms with Crippen molar-refractivity contribution < 1.29 is 9.84 Å². The third-order valence-corrected chi connectivity index (χ3v) is 2.44. The molecule has 2 rings (SSSR count). The van der Waals surface area contributed by atoms with E-state index in [1.807, 2.05) is 26.0 Å². The summed E-state index contributed by atoms with van der Waals surface area (Å²) in [4.78, 5) is 0. The number of aliphatic hydroxyl groups is 1. The van der Waals surface area contributed by atoms with Crippen LogP contribution in [-0.4, -0.2) is 21.9 Å². The summed E-state index contributed by atoms with van der Waals surface area (Å²) in [6.45, 7) is 4.34. The molecule has 4 heteroatoms. The molecule has 1 aliphatic rings. The minimum absolute atomic E-state index is 0.630. The van der Waals surface area contributed by atoms with Crippen molar-refractivity contribution >= 4 is 0 Å². The molecule has 1 N–H and O–H groups in total. The highest BCUT2D eigenvalue weighted by atomic mass is 16.5. The van der Waals surface area contributed by atoms with Crippen LogP contribution in [0.2, 0.25) is 0 Å². The molecule has 0 saturated carbocycles. The lowest BCUT2D eigenvalue weighted by molar-refractivity contribution is 0.118. The normalized spacial score (nSPS) is 17.1. The fourth-order valence-corrected chi connectivity index (χ4v) is 1.63.